The molecule has 220 valence electrons. The number of aromatic nitrogens is 1. The monoisotopic (exact) mass is 597 g/mol. The molecule has 0 aliphatic carbocycles. The number of nitrogens with one attached hydrogen (secondary N) is 4. The largest absolute Gasteiger partial charge is 0.370 e. The van der Waals surface area contributed by atoms with Crippen LogP contribution in [0.2, 0.25) is 0 Å². The van der Waals surface area contributed by atoms with E-state index >= 15 is 0 Å². The summed E-state index contributed by atoms with van der Waals surface area (Å²) in [6.07, 6.45) is 2.43. The van der Waals surface area contributed by atoms with Crippen molar-refractivity contribution in [2.24, 2.45) is 5.73 Å². The smallest absolute Gasteiger partial charge is 0.246 e. The lowest BCUT2D eigenvalue weighted by Crippen LogP contribution is -2.55. The van der Waals surface area contributed by atoms with Crippen LogP contribution in [0.5, 0.6) is 0 Å². The Kier molecular flexibility index (Phi) is 12.1. The summed E-state index contributed by atoms with van der Waals surface area (Å²) in [6, 6.07) is 6.14. The van der Waals surface area contributed by atoms with Gasteiger partial charge in [0.25, 0.3) is 0 Å². The minimum atomic E-state index is -4.18. The molecule has 3 rings (SSSR count). The highest BCUT2D eigenvalue weighted by molar-refractivity contribution is 7.89. The molecule has 1 aliphatic rings. The molecule has 0 radical (unpaired) electrons. The summed E-state index contributed by atoms with van der Waals surface area (Å²) in [5.41, 5.74) is 6.15. The molecule has 0 unspecified atom stereocenters. The van der Waals surface area contributed by atoms with Gasteiger partial charge in [-0.2, -0.15) is 4.72 Å². The zero-order valence-electron chi connectivity index (χ0n) is 22.4. The first-order valence-electron chi connectivity index (χ1n) is 12.7. The number of aldehydes is 1. The number of likely N-dealkylation sites (tertiary alicyclic amines) is 1. The highest BCUT2D eigenvalue weighted by atomic mass is 35.5. The van der Waals surface area contributed by atoms with Crippen molar-refractivity contribution in [2.45, 2.75) is 69.0 Å². The van der Waals surface area contributed by atoms with Gasteiger partial charge >= 0.3 is 0 Å². The molecule has 2 heterocycles. The van der Waals surface area contributed by atoms with Crippen molar-refractivity contribution in [2.75, 3.05) is 13.1 Å². The van der Waals surface area contributed by atoms with Gasteiger partial charge in [-0.3, -0.25) is 15.0 Å². The molecule has 2 amide bonds. The van der Waals surface area contributed by atoms with Crippen molar-refractivity contribution in [1.29, 1.82) is 5.41 Å². The average Bonchev–Trinajstić information content (AvgIpc) is 3.52. The van der Waals surface area contributed by atoms with E-state index in [9.17, 15) is 22.8 Å². The standard InChI is InChI=1S/C25H35N7O6S.ClH/c1-16-22(17(2)38-30-16)39(36,37)31-20(14-18-8-4-3-5-9-18)24(35)32-13-7-11-21(32)23(34)29-19(15-33)10-6-12-28-25(26)27;/h3-5,8-9,15,19-21,31H,6-7,10-14H2,1-2H3,(H,29,34)(H4,26,27,28);1H/t19-,20+,21-;/m0./s1. The number of carbonyl (C=O) groups excluding carboxylic acids is 3. The Morgan fingerprint density at radius 2 is 1.98 bits per heavy atom. The fourth-order valence-electron chi connectivity index (χ4n) is 4.64. The summed E-state index contributed by atoms with van der Waals surface area (Å²) in [7, 11) is -4.18. The number of rotatable bonds is 13. The van der Waals surface area contributed by atoms with Crippen LogP contribution in [-0.2, 0) is 30.8 Å². The number of aryl methyl sites for hydroxylation is 2. The van der Waals surface area contributed by atoms with Gasteiger partial charge in [0, 0.05) is 13.1 Å². The van der Waals surface area contributed by atoms with E-state index in [1.807, 2.05) is 6.07 Å². The summed E-state index contributed by atoms with van der Waals surface area (Å²) < 4.78 is 34.1. The van der Waals surface area contributed by atoms with Gasteiger partial charge in [0.1, 0.15) is 29.0 Å². The number of carbonyl (C=O) groups is 3. The van der Waals surface area contributed by atoms with Crippen LogP contribution in [0, 0.1) is 19.3 Å². The highest BCUT2D eigenvalue weighted by Crippen LogP contribution is 2.23. The Morgan fingerprint density at radius 3 is 2.58 bits per heavy atom. The number of hydrogen-bond acceptors (Lipinski definition) is 8. The molecule has 1 aliphatic heterocycles. The second-order valence-electron chi connectivity index (χ2n) is 9.44. The predicted molar refractivity (Wildman–Crippen MR) is 149 cm³/mol. The number of sulfonamides is 1. The maximum atomic E-state index is 13.8. The Hall–Kier alpha value is -3.49. The molecule has 13 nitrogen and oxygen atoms in total. The lowest BCUT2D eigenvalue weighted by atomic mass is 10.0. The van der Waals surface area contributed by atoms with E-state index in [0.717, 1.165) is 5.56 Å². The number of amides is 2. The molecule has 0 bridgehead atoms. The minimum absolute atomic E-state index is 0. The van der Waals surface area contributed by atoms with Gasteiger partial charge in [-0.1, -0.05) is 35.5 Å². The Bertz CT molecular complexity index is 1270. The van der Waals surface area contributed by atoms with Crippen LogP contribution in [0.3, 0.4) is 0 Å². The third kappa shape index (κ3) is 8.50. The molecule has 1 aromatic carbocycles. The van der Waals surface area contributed by atoms with Crippen LogP contribution in [-0.4, -0.2) is 73.7 Å². The van der Waals surface area contributed by atoms with Crippen LogP contribution < -0.4 is 21.1 Å². The third-order valence-electron chi connectivity index (χ3n) is 6.45. The maximum Gasteiger partial charge on any atom is 0.246 e. The van der Waals surface area contributed by atoms with Gasteiger partial charge in [-0.05, 0) is 51.5 Å². The number of guanidine groups is 1. The first-order valence-corrected chi connectivity index (χ1v) is 14.1. The van der Waals surface area contributed by atoms with Crippen molar-refractivity contribution in [3.8, 4) is 0 Å². The van der Waals surface area contributed by atoms with Crippen LogP contribution in [0.1, 0.15) is 42.7 Å². The predicted octanol–water partition coefficient (Wildman–Crippen LogP) is 0.541. The first-order chi connectivity index (χ1) is 18.5. The highest BCUT2D eigenvalue weighted by Gasteiger charge is 2.39. The normalized spacial score (nSPS) is 16.4. The van der Waals surface area contributed by atoms with E-state index in [2.05, 4.69) is 20.5 Å². The van der Waals surface area contributed by atoms with Gasteiger partial charge in [0.2, 0.25) is 21.8 Å². The van der Waals surface area contributed by atoms with E-state index in [-0.39, 0.29) is 47.7 Å². The summed E-state index contributed by atoms with van der Waals surface area (Å²) in [5, 5.41) is 16.2. The van der Waals surface area contributed by atoms with Crippen molar-refractivity contribution >= 4 is 46.5 Å². The second-order valence-corrected chi connectivity index (χ2v) is 11.1. The molecular weight excluding hydrogens is 562 g/mol. The number of benzene rings is 1. The molecule has 2 aromatic rings. The Morgan fingerprint density at radius 1 is 1.27 bits per heavy atom. The third-order valence-corrected chi connectivity index (χ3v) is 8.17. The summed E-state index contributed by atoms with van der Waals surface area (Å²) in [6.45, 7) is 3.61. The van der Waals surface area contributed by atoms with Crippen LogP contribution in [0.25, 0.3) is 0 Å². The fraction of sp³-hybridized carbons (Fsp3) is 0.480. The van der Waals surface area contributed by atoms with E-state index in [1.54, 1.807) is 24.3 Å². The molecular formula is C25H36ClN7O6S. The second kappa shape index (κ2) is 14.8. The molecule has 15 heteroatoms. The molecule has 6 N–H and O–H groups in total. The zero-order chi connectivity index (χ0) is 28.6. The topological polar surface area (TPSA) is 201 Å². The van der Waals surface area contributed by atoms with Gasteiger partial charge in [-0.15, -0.1) is 12.4 Å². The van der Waals surface area contributed by atoms with Gasteiger partial charge in [0.05, 0.1) is 6.04 Å². The van der Waals surface area contributed by atoms with Crippen LogP contribution in [0.15, 0.2) is 39.8 Å². The van der Waals surface area contributed by atoms with Gasteiger partial charge in [0.15, 0.2) is 11.7 Å². The van der Waals surface area contributed by atoms with Crippen molar-refractivity contribution in [1.82, 2.24) is 25.4 Å². The SMILES string of the molecule is Cc1noc(C)c1S(=O)(=O)N[C@H](Cc1ccccc1)C(=O)N1CCC[C@H]1C(=O)N[C@H](C=O)CCCNC(=N)N.Cl. The Labute approximate surface area is 239 Å². The quantitative estimate of drug-likeness (QED) is 0.0945. The fourth-order valence-corrected chi connectivity index (χ4v) is 6.15. The van der Waals surface area contributed by atoms with E-state index in [1.165, 1.54) is 18.7 Å². The summed E-state index contributed by atoms with van der Waals surface area (Å²) >= 11 is 0. The molecule has 0 saturated carbocycles. The lowest BCUT2D eigenvalue weighted by molar-refractivity contribution is -0.140. The van der Waals surface area contributed by atoms with Crippen LogP contribution in [0.4, 0.5) is 0 Å². The molecule has 1 fully saturated rings. The van der Waals surface area contributed by atoms with E-state index in [4.69, 9.17) is 15.7 Å². The molecule has 1 aromatic heterocycles. The zero-order valence-corrected chi connectivity index (χ0v) is 24.0. The van der Waals surface area contributed by atoms with Crippen molar-refractivity contribution < 1.29 is 27.3 Å². The first kappa shape index (κ1) is 32.7. The van der Waals surface area contributed by atoms with Gasteiger partial charge in [-0.25, -0.2) is 8.42 Å². The molecule has 40 heavy (non-hydrogen) atoms. The lowest BCUT2D eigenvalue weighted by Gasteiger charge is -2.29. The summed E-state index contributed by atoms with van der Waals surface area (Å²) in [4.78, 5) is 39.7. The van der Waals surface area contributed by atoms with Crippen molar-refractivity contribution in [3.63, 3.8) is 0 Å². The Balaban J connectivity index is 0.00000560. The van der Waals surface area contributed by atoms with E-state index in [0.29, 0.717) is 38.5 Å². The molecule has 1 saturated heterocycles. The maximum absolute atomic E-state index is 13.8. The van der Waals surface area contributed by atoms with Crippen LogP contribution >= 0.6 is 12.4 Å². The molecule has 0 spiro atoms. The molecule has 3 atom stereocenters. The number of nitrogens with two attached hydrogens (primary N) is 1. The average molecular weight is 598 g/mol. The number of halogens is 1. The summed E-state index contributed by atoms with van der Waals surface area (Å²) in [5.74, 6) is -1.11. The van der Waals surface area contributed by atoms with Crippen molar-refractivity contribution in [3.05, 3.63) is 47.3 Å². The van der Waals surface area contributed by atoms with Gasteiger partial charge < -0.3 is 30.6 Å². The number of nitrogens with zero attached hydrogens (tertiary/aromatic N) is 2. The number of hydrogen-bond donors (Lipinski definition) is 5. The minimum Gasteiger partial charge on any atom is -0.370 e. The van der Waals surface area contributed by atoms with E-state index < -0.39 is 40.0 Å².